The lowest BCUT2D eigenvalue weighted by atomic mass is 10.2. The van der Waals surface area contributed by atoms with Crippen LogP contribution in [0.5, 0.6) is 0 Å². The van der Waals surface area contributed by atoms with E-state index in [0.717, 1.165) is 4.88 Å². The van der Waals surface area contributed by atoms with Gasteiger partial charge in [-0.25, -0.2) is 0 Å². The number of nitrogens with one attached hydrogen (secondary N) is 1. The van der Waals surface area contributed by atoms with Crippen molar-refractivity contribution in [3.05, 3.63) is 25.4 Å². The maximum Gasteiger partial charge on any atom is 0.299 e. The van der Waals surface area contributed by atoms with Gasteiger partial charge in [0.1, 0.15) is 0 Å². The summed E-state index contributed by atoms with van der Waals surface area (Å²) in [6, 6.07) is 1.41. The van der Waals surface area contributed by atoms with Gasteiger partial charge in [0.15, 0.2) is 4.34 Å². The highest BCUT2D eigenvalue weighted by Gasteiger charge is 2.19. The van der Waals surface area contributed by atoms with E-state index in [0.29, 0.717) is 6.54 Å². The lowest BCUT2D eigenvalue weighted by molar-refractivity contribution is -0.384. The molecule has 0 fully saturated rings. The largest absolute Gasteiger partial charge is 0.395 e. The third kappa shape index (κ3) is 3.13. The normalized spacial score (nSPS) is 12.7. The molecule has 84 valence electrons. The zero-order valence-corrected chi connectivity index (χ0v) is 9.64. The van der Waals surface area contributed by atoms with Gasteiger partial charge < -0.3 is 10.4 Å². The zero-order chi connectivity index (χ0) is 11.4. The zero-order valence-electron chi connectivity index (χ0n) is 8.07. The third-order valence-electron chi connectivity index (χ3n) is 1.87. The summed E-state index contributed by atoms with van der Waals surface area (Å²) in [7, 11) is 0. The fraction of sp³-hybridized carbons (Fsp3) is 0.500. The first-order chi connectivity index (χ1) is 7.06. The second-order valence-corrected chi connectivity index (χ2v) is 4.65. The molecule has 1 unspecified atom stereocenters. The van der Waals surface area contributed by atoms with E-state index in [1.165, 1.54) is 17.4 Å². The first-order valence-electron chi connectivity index (χ1n) is 4.34. The van der Waals surface area contributed by atoms with E-state index in [-0.39, 0.29) is 22.7 Å². The highest BCUT2D eigenvalue weighted by atomic mass is 35.5. The lowest BCUT2D eigenvalue weighted by Gasteiger charge is -2.09. The minimum atomic E-state index is -0.499. The van der Waals surface area contributed by atoms with Gasteiger partial charge in [-0.1, -0.05) is 11.6 Å². The molecule has 0 bridgehead atoms. The number of thiophene rings is 1. The summed E-state index contributed by atoms with van der Waals surface area (Å²) >= 11 is 6.90. The van der Waals surface area contributed by atoms with Gasteiger partial charge in [-0.15, -0.1) is 11.3 Å². The Kier molecular flexibility index (Phi) is 4.46. The van der Waals surface area contributed by atoms with Crippen molar-refractivity contribution in [3.63, 3.8) is 0 Å². The van der Waals surface area contributed by atoms with Crippen molar-refractivity contribution >= 4 is 28.6 Å². The van der Waals surface area contributed by atoms with E-state index < -0.39 is 4.92 Å². The molecule has 5 nitrogen and oxygen atoms in total. The van der Waals surface area contributed by atoms with Crippen LogP contribution in [0.3, 0.4) is 0 Å². The minimum absolute atomic E-state index is 0.0333. The Morgan fingerprint density at radius 3 is 2.93 bits per heavy atom. The van der Waals surface area contributed by atoms with Crippen LogP contribution in [0, 0.1) is 10.1 Å². The predicted molar refractivity (Wildman–Crippen MR) is 59.5 cm³/mol. The molecule has 0 saturated heterocycles. The van der Waals surface area contributed by atoms with Crippen LogP contribution in [-0.4, -0.2) is 23.2 Å². The van der Waals surface area contributed by atoms with E-state index in [4.69, 9.17) is 16.7 Å². The van der Waals surface area contributed by atoms with E-state index >= 15 is 0 Å². The van der Waals surface area contributed by atoms with Gasteiger partial charge >= 0.3 is 0 Å². The molecule has 7 heteroatoms. The van der Waals surface area contributed by atoms with Crippen LogP contribution in [0.4, 0.5) is 5.69 Å². The number of hydrogen-bond donors (Lipinski definition) is 2. The van der Waals surface area contributed by atoms with Gasteiger partial charge in [-0.2, -0.15) is 0 Å². The maximum absolute atomic E-state index is 10.5. The number of nitro groups is 1. The fourth-order valence-corrected chi connectivity index (χ4v) is 2.36. The maximum atomic E-state index is 10.5. The topological polar surface area (TPSA) is 75.4 Å². The molecule has 0 aliphatic heterocycles. The Bertz CT molecular complexity index is 356. The summed E-state index contributed by atoms with van der Waals surface area (Å²) in [6.45, 7) is 2.34. The van der Waals surface area contributed by atoms with Crippen molar-refractivity contribution in [2.45, 2.75) is 13.0 Å². The summed E-state index contributed by atoms with van der Waals surface area (Å²) in [4.78, 5) is 10.8. The Morgan fingerprint density at radius 2 is 2.47 bits per heavy atom. The van der Waals surface area contributed by atoms with E-state index in [9.17, 15) is 10.1 Å². The Morgan fingerprint density at radius 1 is 1.80 bits per heavy atom. The molecule has 0 aliphatic rings. The van der Waals surface area contributed by atoms with Crippen LogP contribution in [0.15, 0.2) is 6.07 Å². The minimum Gasteiger partial charge on any atom is -0.395 e. The molecule has 0 spiro atoms. The fourth-order valence-electron chi connectivity index (χ4n) is 1.10. The molecule has 1 atom stereocenters. The van der Waals surface area contributed by atoms with Crippen LogP contribution < -0.4 is 5.32 Å². The van der Waals surface area contributed by atoms with Crippen molar-refractivity contribution in [1.82, 2.24) is 5.32 Å². The Labute approximate surface area is 95.8 Å². The number of aliphatic hydroxyl groups excluding tert-OH is 1. The molecular weight excluding hydrogens is 240 g/mol. The molecular formula is C8H11ClN2O3S. The van der Waals surface area contributed by atoms with Crippen molar-refractivity contribution in [3.8, 4) is 0 Å². The molecule has 0 radical (unpaired) electrons. The van der Waals surface area contributed by atoms with Crippen molar-refractivity contribution < 1.29 is 10.0 Å². The first kappa shape index (κ1) is 12.4. The summed E-state index contributed by atoms with van der Waals surface area (Å²) in [5.74, 6) is 0. The molecule has 1 heterocycles. The number of nitrogens with zero attached hydrogens (tertiary/aromatic N) is 1. The molecule has 1 rings (SSSR count). The average molecular weight is 251 g/mol. The summed E-state index contributed by atoms with van der Waals surface area (Å²) in [5, 5.41) is 22.2. The smallest absolute Gasteiger partial charge is 0.299 e. The van der Waals surface area contributed by atoms with Crippen LogP contribution in [-0.2, 0) is 0 Å². The van der Waals surface area contributed by atoms with Crippen LogP contribution in [0.25, 0.3) is 0 Å². The van der Waals surface area contributed by atoms with Gasteiger partial charge in [0.05, 0.1) is 11.5 Å². The van der Waals surface area contributed by atoms with Gasteiger partial charge in [0, 0.05) is 23.5 Å². The van der Waals surface area contributed by atoms with Gasteiger partial charge in [0.2, 0.25) is 0 Å². The predicted octanol–water partition coefficient (Wildman–Crippen LogP) is 1.95. The van der Waals surface area contributed by atoms with E-state index in [2.05, 4.69) is 5.32 Å². The molecule has 0 aromatic carbocycles. The number of halogens is 1. The standard InChI is InChI=1S/C8H11ClN2O3S/c1-5(10-2-3-12)7-4-6(11(13)14)8(9)15-7/h4-5,10,12H,2-3H2,1H3. The van der Waals surface area contributed by atoms with E-state index in [1.54, 1.807) is 0 Å². The Hall–Kier alpha value is -0.690. The van der Waals surface area contributed by atoms with Crippen molar-refractivity contribution in [2.75, 3.05) is 13.2 Å². The molecule has 1 aromatic rings. The highest BCUT2D eigenvalue weighted by molar-refractivity contribution is 7.16. The van der Waals surface area contributed by atoms with Crippen LogP contribution >= 0.6 is 22.9 Å². The van der Waals surface area contributed by atoms with E-state index in [1.807, 2.05) is 6.92 Å². The SMILES string of the molecule is CC(NCCO)c1cc([N+](=O)[O-])c(Cl)s1. The van der Waals surface area contributed by atoms with Crippen molar-refractivity contribution in [2.24, 2.45) is 0 Å². The third-order valence-corrected chi connectivity index (χ3v) is 3.39. The first-order valence-corrected chi connectivity index (χ1v) is 5.53. The molecule has 2 N–H and O–H groups in total. The average Bonchev–Trinajstić information content (AvgIpc) is 2.56. The summed E-state index contributed by atoms with van der Waals surface area (Å²) < 4.78 is 0.188. The second kappa shape index (κ2) is 5.41. The van der Waals surface area contributed by atoms with Gasteiger partial charge in [-0.3, -0.25) is 10.1 Å². The van der Waals surface area contributed by atoms with Gasteiger partial charge in [-0.05, 0) is 6.92 Å². The highest BCUT2D eigenvalue weighted by Crippen LogP contribution is 2.36. The lowest BCUT2D eigenvalue weighted by Crippen LogP contribution is -2.21. The second-order valence-electron chi connectivity index (χ2n) is 2.96. The van der Waals surface area contributed by atoms with Crippen molar-refractivity contribution in [1.29, 1.82) is 0 Å². The Balaban J connectivity index is 2.78. The molecule has 1 aromatic heterocycles. The number of rotatable bonds is 5. The quantitative estimate of drug-likeness (QED) is 0.619. The van der Waals surface area contributed by atoms with Crippen LogP contribution in [0.1, 0.15) is 17.8 Å². The molecule has 0 amide bonds. The van der Waals surface area contributed by atoms with Gasteiger partial charge in [0.25, 0.3) is 5.69 Å². The number of hydrogen-bond acceptors (Lipinski definition) is 5. The van der Waals surface area contributed by atoms with Crippen LogP contribution in [0.2, 0.25) is 4.34 Å². The summed E-state index contributed by atoms with van der Waals surface area (Å²) in [6.07, 6.45) is 0. The summed E-state index contributed by atoms with van der Waals surface area (Å²) in [5.41, 5.74) is -0.0608. The molecule has 15 heavy (non-hydrogen) atoms. The molecule has 0 saturated carbocycles. The monoisotopic (exact) mass is 250 g/mol. The number of aliphatic hydroxyl groups is 1. The molecule has 0 aliphatic carbocycles.